The normalized spacial score (nSPS) is 15.8. The summed E-state index contributed by atoms with van der Waals surface area (Å²) in [5.41, 5.74) is 7.85. The van der Waals surface area contributed by atoms with E-state index in [1.807, 2.05) is 12.1 Å². The lowest BCUT2D eigenvalue weighted by molar-refractivity contribution is -0.145. The lowest BCUT2D eigenvalue weighted by Gasteiger charge is -2.33. The summed E-state index contributed by atoms with van der Waals surface area (Å²) in [5.74, 6) is 1.01. The van der Waals surface area contributed by atoms with Crippen LogP contribution in [0.2, 0.25) is 0 Å². The maximum absolute atomic E-state index is 11.3. The molecule has 1 aromatic rings. The van der Waals surface area contributed by atoms with Crippen molar-refractivity contribution in [3.63, 3.8) is 0 Å². The number of nitrogens with two attached hydrogens (primary N) is 1. The standard InChI is InChI=1S/C16H24N2O3/c1-3-20-16(19)11-21-13-4-5-15(14(17)10-13)18-8-6-12(2)7-9-18/h4-5,10,12H,3,6-9,11,17H2,1-2H3. The van der Waals surface area contributed by atoms with Gasteiger partial charge in [0.25, 0.3) is 0 Å². The van der Waals surface area contributed by atoms with Crippen LogP contribution in [0.25, 0.3) is 0 Å². The molecular formula is C16H24N2O3. The Labute approximate surface area is 126 Å². The van der Waals surface area contributed by atoms with Crippen molar-refractivity contribution in [3.8, 4) is 5.75 Å². The van der Waals surface area contributed by atoms with Gasteiger partial charge < -0.3 is 20.1 Å². The molecule has 0 aliphatic carbocycles. The van der Waals surface area contributed by atoms with Crippen LogP contribution in [0.5, 0.6) is 5.75 Å². The number of hydrogen-bond acceptors (Lipinski definition) is 5. The first-order chi connectivity index (χ1) is 10.1. The summed E-state index contributed by atoms with van der Waals surface area (Å²) < 4.78 is 10.2. The van der Waals surface area contributed by atoms with Crippen molar-refractivity contribution in [2.75, 3.05) is 36.9 Å². The zero-order valence-corrected chi connectivity index (χ0v) is 12.8. The molecule has 0 spiro atoms. The van der Waals surface area contributed by atoms with Gasteiger partial charge in [-0.15, -0.1) is 0 Å². The van der Waals surface area contributed by atoms with E-state index in [0.29, 0.717) is 18.0 Å². The molecule has 2 rings (SSSR count). The van der Waals surface area contributed by atoms with E-state index in [9.17, 15) is 4.79 Å². The van der Waals surface area contributed by atoms with Gasteiger partial charge in [-0.2, -0.15) is 0 Å². The highest BCUT2D eigenvalue weighted by Crippen LogP contribution is 2.30. The van der Waals surface area contributed by atoms with Crippen LogP contribution >= 0.6 is 0 Å². The van der Waals surface area contributed by atoms with Crippen molar-refractivity contribution in [3.05, 3.63) is 18.2 Å². The van der Waals surface area contributed by atoms with Crippen LogP contribution in [0.15, 0.2) is 18.2 Å². The number of rotatable bonds is 5. The third-order valence-corrected chi connectivity index (χ3v) is 3.79. The van der Waals surface area contributed by atoms with E-state index in [0.717, 1.165) is 24.7 Å². The van der Waals surface area contributed by atoms with Crippen molar-refractivity contribution in [2.45, 2.75) is 26.7 Å². The highest BCUT2D eigenvalue weighted by molar-refractivity contribution is 5.72. The Morgan fingerprint density at radius 1 is 1.38 bits per heavy atom. The molecule has 1 saturated heterocycles. The molecule has 2 N–H and O–H groups in total. The molecule has 116 valence electrons. The van der Waals surface area contributed by atoms with Gasteiger partial charge in [0.15, 0.2) is 6.61 Å². The Hall–Kier alpha value is -1.91. The molecule has 1 fully saturated rings. The first-order valence-corrected chi connectivity index (χ1v) is 7.53. The number of nitrogens with zero attached hydrogens (tertiary/aromatic N) is 1. The van der Waals surface area contributed by atoms with Crippen LogP contribution in [-0.4, -0.2) is 32.3 Å². The largest absolute Gasteiger partial charge is 0.482 e. The number of carbonyl (C=O) groups excluding carboxylic acids is 1. The number of nitrogen functional groups attached to an aromatic ring is 1. The molecule has 0 radical (unpaired) electrons. The summed E-state index contributed by atoms with van der Waals surface area (Å²) in [6.45, 7) is 6.39. The van der Waals surface area contributed by atoms with Gasteiger partial charge in [-0.3, -0.25) is 0 Å². The third-order valence-electron chi connectivity index (χ3n) is 3.79. The summed E-state index contributed by atoms with van der Waals surface area (Å²) >= 11 is 0. The Balaban J connectivity index is 1.95. The average Bonchev–Trinajstić information content (AvgIpc) is 2.47. The van der Waals surface area contributed by atoms with E-state index in [4.69, 9.17) is 15.2 Å². The number of esters is 1. The third kappa shape index (κ3) is 4.28. The lowest BCUT2D eigenvalue weighted by Crippen LogP contribution is -2.33. The van der Waals surface area contributed by atoms with Crippen molar-refractivity contribution in [2.24, 2.45) is 5.92 Å². The fourth-order valence-electron chi connectivity index (χ4n) is 2.50. The molecule has 5 nitrogen and oxygen atoms in total. The fraction of sp³-hybridized carbons (Fsp3) is 0.562. The van der Waals surface area contributed by atoms with Crippen LogP contribution in [0.4, 0.5) is 11.4 Å². The van der Waals surface area contributed by atoms with Crippen LogP contribution in [0.1, 0.15) is 26.7 Å². The first kappa shape index (κ1) is 15.5. The predicted molar refractivity (Wildman–Crippen MR) is 83.6 cm³/mol. The molecule has 0 amide bonds. The average molecular weight is 292 g/mol. The number of carbonyl (C=O) groups is 1. The molecule has 1 aliphatic rings. The molecule has 0 bridgehead atoms. The molecule has 1 aromatic carbocycles. The van der Waals surface area contributed by atoms with Gasteiger partial charge in [0.1, 0.15) is 5.75 Å². The maximum atomic E-state index is 11.3. The quantitative estimate of drug-likeness (QED) is 0.667. The summed E-state index contributed by atoms with van der Waals surface area (Å²) in [5, 5.41) is 0. The van der Waals surface area contributed by atoms with Crippen LogP contribution in [0, 0.1) is 5.92 Å². The molecule has 0 unspecified atom stereocenters. The SMILES string of the molecule is CCOC(=O)COc1ccc(N2CCC(C)CC2)c(N)c1. The minimum atomic E-state index is -0.370. The predicted octanol–water partition coefficient (Wildman–Crippen LogP) is 2.45. The Morgan fingerprint density at radius 2 is 2.10 bits per heavy atom. The van der Waals surface area contributed by atoms with Gasteiger partial charge in [0.2, 0.25) is 0 Å². The topological polar surface area (TPSA) is 64.8 Å². The van der Waals surface area contributed by atoms with Gasteiger partial charge in [0, 0.05) is 19.2 Å². The lowest BCUT2D eigenvalue weighted by atomic mass is 9.98. The first-order valence-electron chi connectivity index (χ1n) is 7.53. The second-order valence-corrected chi connectivity index (χ2v) is 5.48. The van der Waals surface area contributed by atoms with Gasteiger partial charge in [-0.1, -0.05) is 6.92 Å². The fourth-order valence-corrected chi connectivity index (χ4v) is 2.50. The second-order valence-electron chi connectivity index (χ2n) is 5.48. The number of anilines is 2. The van der Waals surface area contributed by atoms with Gasteiger partial charge in [0.05, 0.1) is 18.0 Å². The smallest absolute Gasteiger partial charge is 0.344 e. The Morgan fingerprint density at radius 3 is 2.71 bits per heavy atom. The Kier molecular flexibility index (Phi) is 5.31. The zero-order valence-electron chi connectivity index (χ0n) is 12.8. The van der Waals surface area contributed by atoms with E-state index in [2.05, 4.69) is 11.8 Å². The number of ether oxygens (including phenoxy) is 2. The molecule has 1 heterocycles. The Bertz CT molecular complexity index is 482. The zero-order chi connectivity index (χ0) is 15.2. The van der Waals surface area contributed by atoms with Crippen molar-refractivity contribution in [1.82, 2.24) is 0 Å². The van der Waals surface area contributed by atoms with Crippen molar-refractivity contribution >= 4 is 17.3 Å². The highest BCUT2D eigenvalue weighted by atomic mass is 16.6. The molecular weight excluding hydrogens is 268 g/mol. The van der Waals surface area contributed by atoms with E-state index in [1.54, 1.807) is 13.0 Å². The molecule has 0 saturated carbocycles. The maximum Gasteiger partial charge on any atom is 0.344 e. The molecule has 1 aliphatic heterocycles. The van der Waals surface area contributed by atoms with Crippen molar-refractivity contribution in [1.29, 1.82) is 0 Å². The van der Waals surface area contributed by atoms with Crippen LogP contribution < -0.4 is 15.4 Å². The van der Waals surface area contributed by atoms with Gasteiger partial charge in [-0.25, -0.2) is 4.79 Å². The number of piperidine rings is 1. The van der Waals surface area contributed by atoms with Gasteiger partial charge in [-0.05, 0) is 37.8 Å². The minimum absolute atomic E-state index is 0.0894. The summed E-state index contributed by atoms with van der Waals surface area (Å²) in [6, 6.07) is 5.58. The van der Waals surface area contributed by atoms with Crippen LogP contribution in [-0.2, 0) is 9.53 Å². The van der Waals surface area contributed by atoms with E-state index in [1.165, 1.54) is 12.8 Å². The summed E-state index contributed by atoms with van der Waals surface area (Å²) in [4.78, 5) is 13.6. The molecule has 21 heavy (non-hydrogen) atoms. The number of hydrogen-bond donors (Lipinski definition) is 1. The summed E-state index contributed by atoms with van der Waals surface area (Å²) in [6.07, 6.45) is 2.39. The molecule has 0 atom stereocenters. The summed E-state index contributed by atoms with van der Waals surface area (Å²) in [7, 11) is 0. The van der Waals surface area contributed by atoms with E-state index in [-0.39, 0.29) is 12.6 Å². The highest BCUT2D eigenvalue weighted by Gasteiger charge is 2.18. The van der Waals surface area contributed by atoms with Crippen molar-refractivity contribution < 1.29 is 14.3 Å². The van der Waals surface area contributed by atoms with Gasteiger partial charge >= 0.3 is 5.97 Å². The number of benzene rings is 1. The monoisotopic (exact) mass is 292 g/mol. The van der Waals surface area contributed by atoms with Crippen LogP contribution in [0.3, 0.4) is 0 Å². The molecule has 0 aromatic heterocycles. The molecule has 5 heteroatoms. The second kappa shape index (κ2) is 7.20. The van der Waals surface area contributed by atoms with E-state index < -0.39 is 0 Å². The van der Waals surface area contributed by atoms with E-state index >= 15 is 0 Å². The minimum Gasteiger partial charge on any atom is -0.482 e.